The number of aromatic nitrogens is 1. The number of hydrogen-bond donors (Lipinski definition) is 1. The summed E-state index contributed by atoms with van der Waals surface area (Å²) in [6, 6.07) is 0. The SMILES string of the molecule is CCCc1oncc1C(=O)N1C[C@@H](CN2CCOCC2)C[C@H](CO)C1. The summed E-state index contributed by atoms with van der Waals surface area (Å²) in [5.74, 6) is 1.17. The molecule has 7 heteroatoms. The van der Waals surface area contributed by atoms with E-state index in [2.05, 4.69) is 17.0 Å². The molecule has 2 aliphatic heterocycles. The van der Waals surface area contributed by atoms with Gasteiger partial charge in [-0.3, -0.25) is 9.69 Å². The lowest BCUT2D eigenvalue weighted by Crippen LogP contribution is -2.49. The molecule has 1 aromatic rings. The second-order valence-electron chi connectivity index (χ2n) is 7.19. The third kappa shape index (κ3) is 4.59. The van der Waals surface area contributed by atoms with Crippen molar-refractivity contribution in [3.63, 3.8) is 0 Å². The van der Waals surface area contributed by atoms with Crippen LogP contribution in [0.15, 0.2) is 10.7 Å². The van der Waals surface area contributed by atoms with Crippen molar-refractivity contribution < 1.29 is 19.2 Å². The van der Waals surface area contributed by atoms with Crippen LogP contribution in [-0.2, 0) is 11.2 Å². The Labute approximate surface area is 148 Å². The predicted octanol–water partition coefficient (Wildman–Crippen LogP) is 1.03. The lowest BCUT2D eigenvalue weighted by Gasteiger charge is -2.39. The van der Waals surface area contributed by atoms with E-state index in [9.17, 15) is 9.90 Å². The van der Waals surface area contributed by atoms with E-state index in [4.69, 9.17) is 9.26 Å². The van der Waals surface area contributed by atoms with Crippen LogP contribution in [0, 0.1) is 11.8 Å². The molecule has 0 saturated carbocycles. The Kier molecular flexibility index (Phi) is 6.45. The summed E-state index contributed by atoms with van der Waals surface area (Å²) in [5.41, 5.74) is 0.575. The van der Waals surface area contributed by atoms with E-state index in [-0.39, 0.29) is 18.4 Å². The van der Waals surface area contributed by atoms with Crippen LogP contribution in [0.3, 0.4) is 0 Å². The second-order valence-corrected chi connectivity index (χ2v) is 7.19. The van der Waals surface area contributed by atoms with E-state index in [0.717, 1.165) is 58.7 Å². The number of rotatable bonds is 6. The molecule has 140 valence electrons. The molecule has 3 rings (SSSR count). The quantitative estimate of drug-likeness (QED) is 0.825. The predicted molar refractivity (Wildman–Crippen MR) is 92.3 cm³/mol. The summed E-state index contributed by atoms with van der Waals surface area (Å²) in [5, 5.41) is 13.5. The average molecular weight is 351 g/mol. The first-order chi connectivity index (χ1) is 12.2. The van der Waals surface area contributed by atoms with E-state index < -0.39 is 0 Å². The summed E-state index contributed by atoms with van der Waals surface area (Å²) >= 11 is 0. The zero-order valence-corrected chi connectivity index (χ0v) is 15.0. The van der Waals surface area contributed by atoms with Crippen molar-refractivity contribution >= 4 is 5.91 Å². The largest absolute Gasteiger partial charge is 0.396 e. The van der Waals surface area contributed by atoms with Crippen LogP contribution in [0.25, 0.3) is 0 Å². The number of hydrogen-bond acceptors (Lipinski definition) is 6. The number of aliphatic hydroxyl groups is 1. The smallest absolute Gasteiger partial charge is 0.259 e. The molecule has 0 spiro atoms. The Morgan fingerprint density at radius 3 is 2.80 bits per heavy atom. The number of nitrogens with zero attached hydrogens (tertiary/aromatic N) is 3. The molecule has 2 atom stereocenters. The van der Waals surface area contributed by atoms with Gasteiger partial charge in [0.2, 0.25) is 0 Å². The second kappa shape index (κ2) is 8.78. The molecule has 0 bridgehead atoms. The topological polar surface area (TPSA) is 79.0 Å². The minimum atomic E-state index is -0.0187. The number of aliphatic hydroxyl groups excluding tert-OH is 1. The molecule has 1 N–H and O–H groups in total. The van der Waals surface area contributed by atoms with Gasteiger partial charge in [-0.1, -0.05) is 12.1 Å². The summed E-state index contributed by atoms with van der Waals surface area (Å²) in [4.78, 5) is 17.2. The molecule has 7 nitrogen and oxygen atoms in total. The average Bonchev–Trinajstić information content (AvgIpc) is 3.10. The van der Waals surface area contributed by atoms with Crippen LogP contribution in [0.4, 0.5) is 0 Å². The molecule has 0 radical (unpaired) electrons. The number of piperidine rings is 1. The Morgan fingerprint density at radius 2 is 2.08 bits per heavy atom. The normalized spacial score (nSPS) is 25.3. The van der Waals surface area contributed by atoms with Gasteiger partial charge >= 0.3 is 0 Å². The molecular formula is C18H29N3O4. The van der Waals surface area contributed by atoms with Gasteiger partial charge in [-0.15, -0.1) is 0 Å². The molecule has 2 saturated heterocycles. The summed E-state index contributed by atoms with van der Waals surface area (Å²) < 4.78 is 10.7. The maximum Gasteiger partial charge on any atom is 0.259 e. The Morgan fingerprint density at radius 1 is 1.32 bits per heavy atom. The highest BCUT2D eigenvalue weighted by molar-refractivity contribution is 5.95. The minimum absolute atomic E-state index is 0.0187. The molecule has 0 unspecified atom stereocenters. The molecule has 3 heterocycles. The van der Waals surface area contributed by atoms with Crippen LogP contribution >= 0.6 is 0 Å². The lowest BCUT2D eigenvalue weighted by atomic mass is 9.88. The highest BCUT2D eigenvalue weighted by Gasteiger charge is 2.33. The van der Waals surface area contributed by atoms with Crippen molar-refractivity contribution in [2.75, 3.05) is 52.5 Å². The van der Waals surface area contributed by atoms with E-state index in [1.165, 1.54) is 6.20 Å². The van der Waals surface area contributed by atoms with Crippen molar-refractivity contribution in [3.05, 3.63) is 17.5 Å². The maximum atomic E-state index is 13.0. The van der Waals surface area contributed by atoms with E-state index in [1.54, 1.807) is 0 Å². The number of ether oxygens (including phenoxy) is 1. The zero-order chi connectivity index (χ0) is 17.6. The fraction of sp³-hybridized carbons (Fsp3) is 0.778. The lowest BCUT2D eigenvalue weighted by molar-refractivity contribution is 0.0130. The highest BCUT2D eigenvalue weighted by Crippen LogP contribution is 2.25. The molecule has 2 fully saturated rings. The van der Waals surface area contributed by atoms with E-state index >= 15 is 0 Å². The fourth-order valence-electron chi connectivity index (χ4n) is 3.91. The zero-order valence-electron chi connectivity index (χ0n) is 15.0. The van der Waals surface area contributed by atoms with Crippen LogP contribution in [0.5, 0.6) is 0 Å². The molecule has 0 aromatic carbocycles. The van der Waals surface area contributed by atoms with Gasteiger partial charge in [0.05, 0.1) is 19.4 Å². The number of carbonyl (C=O) groups excluding carboxylic acids is 1. The number of morpholine rings is 1. The molecular weight excluding hydrogens is 322 g/mol. The van der Waals surface area contributed by atoms with Gasteiger partial charge in [-0.2, -0.15) is 0 Å². The van der Waals surface area contributed by atoms with Gasteiger partial charge in [0.25, 0.3) is 5.91 Å². The van der Waals surface area contributed by atoms with Crippen LogP contribution < -0.4 is 0 Å². The van der Waals surface area contributed by atoms with Gasteiger partial charge in [0.1, 0.15) is 11.3 Å². The highest BCUT2D eigenvalue weighted by atomic mass is 16.5. The number of carbonyl (C=O) groups is 1. The summed E-state index contributed by atoms with van der Waals surface area (Å²) in [7, 11) is 0. The third-order valence-electron chi connectivity index (χ3n) is 5.14. The Bertz CT molecular complexity index is 556. The monoisotopic (exact) mass is 351 g/mol. The van der Waals surface area contributed by atoms with Gasteiger partial charge in [-0.25, -0.2) is 0 Å². The first-order valence-electron chi connectivity index (χ1n) is 9.35. The van der Waals surface area contributed by atoms with Crippen molar-refractivity contribution in [3.8, 4) is 0 Å². The molecule has 1 amide bonds. The van der Waals surface area contributed by atoms with Crippen molar-refractivity contribution in [1.29, 1.82) is 0 Å². The third-order valence-corrected chi connectivity index (χ3v) is 5.14. The van der Waals surface area contributed by atoms with Crippen LogP contribution in [-0.4, -0.2) is 78.5 Å². The van der Waals surface area contributed by atoms with E-state index in [1.807, 2.05) is 4.90 Å². The van der Waals surface area contributed by atoms with Crippen LogP contribution in [0.2, 0.25) is 0 Å². The first-order valence-corrected chi connectivity index (χ1v) is 9.35. The Balaban J connectivity index is 1.66. The van der Waals surface area contributed by atoms with Crippen LogP contribution in [0.1, 0.15) is 35.9 Å². The number of likely N-dealkylation sites (tertiary alicyclic amines) is 1. The number of aryl methyl sites for hydroxylation is 1. The molecule has 1 aromatic heterocycles. The van der Waals surface area contributed by atoms with Crippen molar-refractivity contribution in [2.24, 2.45) is 11.8 Å². The summed E-state index contributed by atoms with van der Waals surface area (Å²) in [6.45, 7) is 7.90. The van der Waals surface area contributed by atoms with E-state index in [0.29, 0.717) is 23.8 Å². The maximum absolute atomic E-state index is 13.0. The van der Waals surface area contributed by atoms with Crippen molar-refractivity contribution in [2.45, 2.75) is 26.2 Å². The van der Waals surface area contributed by atoms with Gasteiger partial charge < -0.3 is 19.3 Å². The fourth-order valence-corrected chi connectivity index (χ4v) is 3.91. The molecule has 25 heavy (non-hydrogen) atoms. The number of amides is 1. The molecule has 2 aliphatic rings. The van der Waals surface area contributed by atoms with Gasteiger partial charge in [0, 0.05) is 45.8 Å². The minimum Gasteiger partial charge on any atom is -0.396 e. The summed E-state index contributed by atoms with van der Waals surface area (Å²) in [6.07, 6.45) is 4.12. The standard InChI is InChI=1S/C18H29N3O4/c1-2-3-17-16(9-19-25-17)18(23)21-11-14(8-15(12-21)13-22)10-20-4-6-24-7-5-20/h9,14-15,22H,2-8,10-13H2,1H3/t14-,15+/m1/s1. The van der Waals surface area contributed by atoms with Crippen molar-refractivity contribution in [1.82, 2.24) is 15.0 Å². The Hall–Kier alpha value is -1.44. The van der Waals surface area contributed by atoms with Gasteiger partial charge in [-0.05, 0) is 24.7 Å². The molecule has 0 aliphatic carbocycles. The first kappa shape index (κ1) is 18.4. The van der Waals surface area contributed by atoms with Gasteiger partial charge in [0.15, 0.2) is 0 Å².